The number of benzene rings is 1. The van der Waals surface area contributed by atoms with Crippen LogP contribution in [-0.2, 0) is 10.9 Å². The molecule has 3 nitrogen and oxygen atoms in total. The van der Waals surface area contributed by atoms with Crippen LogP contribution >= 0.6 is 11.6 Å². The molecule has 0 bridgehead atoms. The van der Waals surface area contributed by atoms with E-state index in [0.29, 0.717) is 6.07 Å². The van der Waals surface area contributed by atoms with E-state index in [4.69, 9.17) is 16.9 Å². The lowest BCUT2D eigenvalue weighted by molar-refractivity contribution is -0.137. The Morgan fingerprint density at radius 2 is 2.06 bits per heavy atom. The summed E-state index contributed by atoms with van der Waals surface area (Å²) in [7, 11) is 1.05. The van der Waals surface area contributed by atoms with Crippen molar-refractivity contribution in [2.45, 2.75) is 6.18 Å². The molecule has 0 unspecified atom stereocenters. The van der Waals surface area contributed by atoms with E-state index >= 15 is 0 Å². The quantitative estimate of drug-likeness (QED) is 0.732. The van der Waals surface area contributed by atoms with Gasteiger partial charge < -0.3 is 4.74 Å². The predicted molar refractivity (Wildman–Crippen MR) is 52.5 cm³/mol. The van der Waals surface area contributed by atoms with Gasteiger partial charge in [-0.2, -0.15) is 18.4 Å². The molecule has 17 heavy (non-hydrogen) atoms. The van der Waals surface area contributed by atoms with Crippen molar-refractivity contribution in [2.75, 3.05) is 7.11 Å². The van der Waals surface area contributed by atoms with Gasteiger partial charge in [0.05, 0.1) is 28.8 Å². The van der Waals surface area contributed by atoms with Crippen molar-refractivity contribution in [3.63, 3.8) is 0 Å². The van der Waals surface area contributed by atoms with Crippen molar-refractivity contribution in [1.29, 1.82) is 5.26 Å². The minimum Gasteiger partial charge on any atom is -0.465 e. The van der Waals surface area contributed by atoms with Crippen molar-refractivity contribution in [3.8, 4) is 6.07 Å². The number of nitriles is 1. The molecule has 0 aliphatic carbocycles. The Morgan fingerprint density at radius 3 is 2.47 bits per heavy atom. The van der Waals surface area contributed by atoms with Crippen molar-refractivity contribution in [2.24, 2.45) is 0 Å². The SMILES string of the molecule is COC(=O)c1cc(Cl)c(C(F)(F)F)cc1C#N. The lowest BCUT2D eigenvalue weighted by Crippen LogP contribution is -2.10. The minimum atomic E-state index is -4.68. The highest BCUT2D eigenvalue weighted by Gasteiger charge is 2.34. The number of rotatable bonds is 1. The smallest absolute Gasteiger partial charge is 0.417 e. The third kappa shape index (κ3) is 2.68. The standard InChI is InChI=1S/C10H5ClF3NO2/c1-17-9(16)6-3-8(11)7(10(12,13)14)2-5(6)4-15/h2-3H,1H3. The molecule has 0 aliphatic rings. The van der Waals surface area contributed by atoms with Crippen molar-refractivity contribution < 1.29 is 22.7 Å². The first-order valence-electron chi connectivity index (χ1n) is 4.20. The normalized spacial score (nSPS) is 10.8. The largest absolute Gasteiger partial charge is 0.465 e. The number of ether oxygens (including phenoxy) is 1. The number of nitrogens with zero attached hydrogens (tertiary/aromatic N) is 1. The van der Waals surface area contributed by atoms with Gasteiger partial charge in [0.1, 0.15) is 6.07 Å². The average Bonchev–Trinajstić information content (AvgIpc) is 2.26. The highest BCUT2D eigenvalue weighted by molar-refractivity contribution is 6.31. The minimum absolute atomic E-state index is 0.298. The molecular formula is C10H5ClF3NO2. The zero-order valence-electron chi connectivity index (χ0n) is 8.43. The van der Waals surface area contributed by atoms with Crippen LogP contribution in [0.2, 0.25) is 5.02 Å². The topological polar surface area (TPSA) is 50.1 Å². The van der Waals surface area contributed by atoms with Crippen LogP contribution in [0.4, 0.5) is 13.2 Å². The van der Waals surface area contributed by atoms with Gasteiger partial charge in [-0.3, -0.25) is 0 Å². The molecule has 0 heterocycles. The first kappa shape index (κ1) is 13.3. The first-order chi connectivity index (χ1) is 7.81. The van der Waals surface area contributed by atoms with Gasteiger partial charge in [-0.25, -0.2) is 4.79 Å². The predicted octanol–water partition coefficient (Wildman–Crippen LogP) is 3.02. The maximum atomic E-state index is 12.5. The Balaban J connectivity index is 3.47. The first-order valence-corrected chi connectivity index (χ1v) is 4.58. The number of carbonyl (C=O) groups is 1. The van der Waals surface area contributed by atoms with Gasteiger partial charge in [0, 0.05) is 0 Å². The molecule has 0 fully saturated rings. The van der Waals surface area contributed by atoms with Crippen LogP contribution in [0.25, 0.3) is 0 Å². The Hall–Kier alpha value is -1.74. The summed E-state index contributed by atoms with van der Waals surface area (Å²) in [6.07, 6.45) is -4.68. The van der Waals surface area contributed by atoms with Crippen LogP contribution < -0.4 is 0 Å². The van der Waals surface area contributed by atoms with Crippen LogP contribution in [0.5, 0.6) is 0 Å². The second kappa shape index (κ2) is 4.63. The van der Waals surface area contributed by atoms with E-state index in [2.05, 4.69) is 4.74 Å². The molecule has 0 saturated carbocycles. The van der Waals surface area contributed by atoms with Crippen molar-refractivity contribution in [3.05, 3.63) is 33.8 Å². The fourth-order valence-corrected chi connectivity index (χ4v) is 1.43. The van der Waals surface area contributed by atoms with E-state index in [1.54, 1.807) is 0 Å². The Labute approximate surface area is 99.4 Å². The average molecular weight is 264 g/mol. The van der Waals surface area contributed by atoms with Gasteiger partial charge >= 0.3 is 12.1 Å². The number of hydrogen-bond acceptors (Lipinski definition) is 3. The molecule has 0 saturated heterocycles. The molecule has 0 aromatic heterocycles. The second-order valence-electron chi connectivity index (χ2n) is 2.98. The Kier molecular flexibility index (Phi) is 3.63. The fraction of sp³-hybridized carbons (Fsp3) is 0.200. The summed E-state index contributed by atoms with van der Waals surface area (Å²) in [6.45, 7) is 0. The summed E-state index contributed by atoms with van der Waals surface area (Å²) in [5.41, 5.74) is -1.90. The van der Waals surface area contributed by atoms with Crippen LogP contribution in [-0.4, -0.2) is 13.1 Å². The molecule has 0 radical (unpaired) electrons. The molecule has 0 amide bonds. The molecule has 1 aromatic rings. The summed E-state index contributed by atoms with van der Waals surface area (Å²) in [5.74, 6) is -0.919. The molecule has 90 valence electrons. The van der Waals surface area contributed by atoms with Crippen LogP contribution in [0.1, 0.15) is 21.5 Å². The summed E-state index contributed by atoms with van der Waals surface area (Å²) in [4.78, 5) is 11.2. The van der Waals surface area contributed by atoms with E-state index < -0.39 is 28.3 Å². The zero-order valence-corrected chi connectivity index (χ0v) is 9.19. The van der Waals surface area contributed by atoms with E-state index in [-0.39, 0.29) is 5.56 Å². The van der Waals surface area contributed by atoms with Crippen molar-refractivity contribution >= 4 is 17.6 Å². The van der Waals surface area contributed by atoms with Crippen LogP contribution in [0.3, 0.4) is 0 Å². The number of halogens is 4. The number of alkyl halides is 3. The Bertz CT molecular complexity index is 505. The lowest BCUT2D eigenvalue weighted by Gasteiger charge is -2.11. The third-order valence-corrected chi connectivity index (χ3v) is 2.25. The molecule has 1 rings (SSSR count). The molecule has 0 aliphatic heterocycles. The molecule has 0 atom stereocenters. The van der Waals surface area contributed by atoms with Gasteiger partial charge in [-0.1, -0.05) is 11.6 Å². The maximum absolute atomic E-state index is 12.5. The number of hydrogen-bond donors (Lipinski definition) is 0. The van der Waals surface area contributed by atoms with Gasteiger partial charge in [-0.15, -0.1) is 0 Å². The highest BCUT2D eigenvalue weighted by atomic mass is 35.5. The third-order valence-electron chi connectivity index (χ3n) is 1.94. The van der Waals surface area contributed by atoms with E-state index in [9.17, 15) is 18.0 Å². The molecule has 0 spiro atoms. The number of esters is 1. The van der Waals surface area contributed by atoms with Gasteiger partial charge in [0.15, 0.2) is 0 Å². The van der Waals surface area contributed by atoms with Gasteiger partial charge in [0.25, 0.3) is 0 Å². The zero-order chi connectivity index (χ0) is 13.2. The molecule has 1 aromatic carbocycles. The van der Waals surface area contributed by atoms with Crippen LogP contribution in [0.15, 0.2) is 12.1 Å². The highest BCUT2D eigenvalue weighted by Crippen LogP contribution is 2.36. The van der Waals surface area contributed by atoms with Gasteiger partial charge in [-0.05, 0) is 12.1 Å². The van der Waals surface area contributed by atoms with Crippen LogP contribution in [0, 0.1) is 11.3 Å². The van der Waals surface area contributed by atoms with Gasteiger partial charge in [0.2, 0.25) is 0 Å². The lowest BCUT2D eigenvalue weighted by atomic mass is 10.0. The summed E-state index contributed by atoms with van der Waals surface area (Å²) in [5, 5.41) is 8.02. The van der Waals surface area contributed by atoms with E-state index in [0.717, 1.165) is 13.2 Å². The second-order valence-corrected chi connectivity index (χ2v) is 3.39. The van der Waals surface area contributed by atoms with Crippen molar-refractivity contribution in [1.82, 2.24) is 0 Å². The Morgan fingerprint density at radius 1 is 1.47 bits per heavy atom. The summed E-state index contributed by atoms with van der Waals surface area (Å²) < 4.78 is 41.7. The fourth-order valence-electron chi connectivity index (χ4n) is 1.16. The summed E-state index contributed by atoms with van der Waals surface area (Å²) in [6, 6.07) is 2.79. The number of methoxy groups -OCH3 is 1. The number of carbonyl (C=O) groups excluding carboxylic acids is 1. The van der Waals surface area contributed by atoms with E-state index in [1.807, 2.05) is 0 Å². The molecule has 7 heteroatoms. The summed E-state index contributed by atoms with van der Waals surface area (Å²) >= 11 is 5.41. The molecule has 0 N–H and O–H groups in total. The maximum Gasteiger partial charge on any atom is 0.417 e. The van der Waals surface area contributed by atoms with E-state index in [1.165, 1.54) is 6.07 Å². The molecular weight excluding hydrogens is 259 g/mol. The monoisotopic (exact) mass is 263 g/mol.